The zero-order valence-electron chi connectivity index (χ0n) is 10.8. The van der Waals surface area contributed by atoms with Crippen LogP contribution in [0.4, 0.5) is 4.79 Å². The van der Waals surface area contributed by atoms with Crippen molar-refractivity contribution in [1.82, 2.24) is 15.5 Å². The lowest BCUT2D eigenvalue weighted by Crippen LogP contribution is -2.59. The molecule has 2 N–H and O–H groups in total. The van der Waals surface area contributed by atoms with Gasteiger partial charge in [0, 0.05) is 19.5 Å². The first-order valence-corrected chi connectivity index (χ1v) is 6.45. The summed E-state index contributed by atoms with van der Waals surface area (Å²) in [5, 5.41) is 4.85. The summed E-state index contributed by atoms with van der Waals surface area (Å²) in [4.78, 5) is 47.7. The minimum absolute atomic E-state index is 0.00917. The molecule has 1 heterocycles. The zero-order valence-corrected chi connectivity index (χ0v) is 10.8. The molecule has 19 heavy (non-hydrogen) atoms. The maximum atomic E-state index is 12.1. The summed E-state index contributed by atoms with van der Waals surface area (Å²) in [5.41, 5.74) is -1.03. The van der Waals surface area contributed by atoms with Crippen molar-refractivity contribution >= 4 is 23.8 Å². The second kappa shape index (κ2) is 4.99. The molecule has 0 aromatic heterocycles. The average molecular weight is 267 g/mol. The summed E-state index contributed by atoms with van der Waals surface area (Å²) in [7, 11) is 0. The minimum Gasteiger partial charge on any atom is -0.356 e. The highest BCUT2D eigenvalue weighted by atomic mass is 16.2. The number of rotatable bonds is 5. The zero-order chi connectivity index (χ0) is 14.0. The van der Waals surface area contributed by atoms with Gasteiger partial charge in [0.15, 0.2) is 0 Å². The summed E-state index contributed by atoms with van der Waals surface area (Å²) in [6, 6.07) is -0.726. The van der Waals surface area contributed by atoms with Crippen LogP contribution in [-0.4, -0.2) is 41.7 Å². The number of nitrogens with zero attached hydrogens (tertiary/aromatic N) is 1. The molecular weight excluding hydrogens is 250 g/mol. The molecule has 1 aliphatic heterocycles. The molecular formula is C12H17N3O4. The number of barbiturate groups is 1. The summed E-state index contributed by atoms with van der Waals surface area (Å²) in [5.74, 6) is -1.18. The van der Waals surface area contributed by atoms with Crippen molar-refractivity contribution in [2.24, 2.45) is 5.41 Å². The number of carbonyl (C=O) groups is 4. The van der Waals surface area contributed by atoms with Gasteiger partial charge in [0.1, 0.15) is 5.41 Å². The lowest BCUT2D eigenvalue weighted by Gasteiger charge is -2.29. The Morgan fingerprint density at radius 1 is 1.37 bits per heavy atom. The molecule has 104 valence electrons. The number of nitrogens with one attached hydrogen (secondary N) is 2. The first-order valence-electron chi connectivity index (χ1n) is 6.45. The van der Waals surface area contributed by atoms with Crippen molar-refractivity contribution in [2.75, 3.05) is 13.1 Å². The number of urea groups is 1. The third kappa shape index (κ3) is 2.45. The van der Waals surface area contributed by atoms with Crippen LogP contribution in [0.2, 0.25) is 0 Å². The molecule has 0 radical (unpaired) electrons. The molecule has 2 fully saturated rings. The summed E-state index contributed by atoms with van der Waals surface area (Å²) >= 11 is 0. The van der Waals surface area contributed by atoms with Gasteiger partial charge in [-0.2, -0.15) is 0 Å². The van der Waals surface area contributed by atoms with Crippen molar-refractivity contribution in [2.45, 2.75) is 32.6 Å². The monoisotopic (exact) mass is 267 g/mol. The molecule has 0 unspecified atom stereocenters. The Bertz CT molecular complexity index is 442. The van der Waals surface area contributed by atoms with Crippen molar-refractivity contribution in [3.05, 3.63) is 0 Å². The molecule has 2 rings (SSSR count). The molecule has 1 aliphatic carbocycles. The fourth-order valence-corrected chi connectivity index (χ4v) is 2.07. The largest absolute Gasteiger partial charge is 0.356 e. The van der Waals surface area contributed by atoms with Crippen LogP contribution in [0.3, 0.4) is 0 Å². The molecule has 0 aromatic carbocycles. The summed E-state index contributed by atoms with van der Waals surface area (Å²) in [6.07, 6.45) is 1.84. The van der Waals surface area contributed by atoms with Crippen molar-refractivity contribution < 1.29 is 19.2 Å². The SMILES string of the molecule is CCCNC(=O)CCN1C(=O)NC(=O)C2(CC2)C1=O. The van der Waals surface area contributed by atoms with Crippen LogP contribution in [0.1, 0.15) is 32.6 Å². The van der Waals surface area contributed by atoms with Gasteiger partial charge in [0.05, 0.1) is 0 Å². The van der Waals surface area contributed by atoms with E-state index in [0.717, 1.165) is 11.3 Å². The Morgan fingerprint density at radius 3 is 2.63 bits per heavy atom. The van der Waals surface area contributed by atoms with Gasteiger partial charge in [-0.25, -0.2) is 4.79 Å². The highest BCUT2D eigenvalue weighted by Gasteiger charge is 2.62. The number of imide groups is 2. The van der Waals surface area contributed by atoms with E-state index in [2.05, 4.69) is 10.6 Å². The van der Waals surface area contributed by atoms with Gasteiger partial charge in [-0.3, -0.25) is 24.6 Å². The van der Waals surface area contributed by atoms with Gasteiger partial charge < -0.3 is 5.32 Å². The Balaban J connectivity index is 1.92. The van der Waals surface area contributed by atoms with Crippen LogP contribution >= 0.6 is 0 Å². The molecule has 0 atom stereocenters. The van der Waals surface area contributed by atoms with Crippen LogP contribution in [0.15, 0.2) is 0 Å². The second-order valence-electron chi connectivity index (χ2n) is 4.90. The normalized spacial score (nSPS) is 20.5. The first kappa shape index (κ1) is 13.5. The minimum atomic E-state index is -1.03. The van der Waals surface area contributed by atoms with E-state index >= 15 is 0 Å². The van der Waals surface area contributed by atoms with Crippen molar-refractivity contribution in [3.63, 3.8) is 0 Å². The van der Waals surface area contributed by atoms with Gasteiger partial charge in [-0.1, -0.05) is 6.92 Å². The maximum absolute atomic E-state index is 12.1. The number of hydrogen-bond acceptors (Lipinski definition) is 4. The van der Waals surface area contributed by atoms with Gasteiger partial charge in [0.25, 0.3) is 0 Å². The van der Waals surface area contributed by atoms with E-state index in [4.69, 9.17) is 0 Å². The Hall–Kier alpha value is -1.92. The van der Waals surface area contributed by atoms with Crippen molar-refractivity contribution in [1.29, 1.82) is 0 Å². The van der Waals surface area contributed by atoms with Crippen LogP contribution in [-0.2, 0) is 14.4 Å². The molecule has 7 nitrogen and oxygen atoms in total. The summed E-state index contributed by atoms with van der Waals surface area (Å²) in [6.45, 7) is 2.51. The van der Waals surface area contributed by atoms with Crippen molar-refractivity contribution in [3.8, 4) is 0 Å². The lowest BCUT2D eigenvalue weighted by molar-refractivity contribution is -0.144. The van der Waals surface area contributed by atoms with Gasteiger partial charge >= 0.3 is 6.03 Å². The van der Waals surface area contributed by atoms with E-state index in [1.165, 1.54) is 0 Å². The van der Waals surface area contributed by atoms with E-state index in [-0.39, 0.29) is 18.9 Å². The molecule has 1 saturated heterocycles. The average Bonchev–Trinajstić information content (AvgIpc) is 3.16. The van der Waals surface area contributed by atoms with E-state index in [9.17, 15) is 19.2 Å². The molecule has 0 aromatic rings. The highest BCUT2D eigenvalue weighted by molar-refractivity contribution is 6.20. The van der Waals surface area contributed by atoms with E-state index < -0.39 is 23.3 Å². The molecule has 0 bridgehead atoms. The molecule has 1 saturated carbocycles. The molecule has 2 aliphatic rings. The maximum Gasteiger partial charge on any atom is 0.330 e. The van der Waals surface area contributed by atoms with Gasteiger partial charge in [0.2, 0.25) is 17.7 Å². The van der Waals surface area contributed by atoms with Crippen LogP contribution in [0.5, 0.6) is 0 Å². The Labute approximate surface area is 110 Å². The first-order chi connectivity index (χ1) is 9.01. The summed E-state index contributed by atoms with van der Waals surface area (Å²) < 4.78 is 0. The standard InChI is InChI=1S/C12H17N3O4/c1-2-6-13-8(16)3-7-15-10(18)12(4-5-12)9(17)14-11(15)19/h2-7H2,1H3,(H,13,16)(H,14,17,19). The molecule has 7 heteroatoms. The van der Waals surface area contributed by atoms with E-state index in [1.807, 2.05) is 6.92 Å². The number of carbonyl (C=O) groups excluding carboxylic acids is 4. The van der Waals surface area contributed by atoms with E-state index in [1.54, 1.807) is 0 Å². The van der Waals surface area contributed by atoms with Gasteiger partial charge in [-0.15, -0.1) is 0 Å². The second-order valence-corrected chi connectivity index (χ2v) is 4.90. The third-order valence-electron chi connectivity index (χ3n) is 3.44. The smallest absolute Gasteiger partial charge is 0.330 e. The lowest BCUT2D eigenvalue weighted by atomic mass is 10.0. The van der Waals surface area contributed by atoms with E-state index in [0.29, 0.717) is 19.4 Å². The Kier molecular flexibility index (Phi) is 3.55. The van der Waals surface area contributed by atoms with Crippen LogP contribution in [0, 0.1) is 5.41 Å². The van der Waals surface area contributed by atoms with Gasteiger partial charge in [-0.05, 0) is 19.3 Å². The van der Waals surface area contributed by atoms with Crippen LogP contribution < -0.4 is 10.6 Å². The Morgan fingerprint density at radius 2 is 2.05 bits per heavy atom. The quantitative estimate of drug-likeness (QED) is 0.672. The number of amides is 5. The topological polar surface area (TPSA) is 95.6 Å². The molecule has 1 spiro atoms. The fraction of sp³-hybridized carbons (Fsp3) is 0.667. The highest BCUT2D eigenvalue weighted by Crippen LogP contribution is 2.48. The third-order valence-corrected chi connectivity index (χ3v) is 3.44. The predicted molar refractivity (Wildman–Crippen MR) is 64.8 cm³/mol. The fourth-order valence-electron chi connectivity index (χ4n) is 2.07. The molecule has 5 amide bonds. The predicted octanol–water partition coefficient (Wildman–Crippen LogP) is -0.239. The van der Waals surface area contributed by atoms with Crippen LogP contribution in [0.25, 0.3) is 0 Å². The number of hydrogen-bond donors (Lipinski definition) is 2.